The van der Waals surface area contributed by atoms with E-state index in [9.17, 15) is 9.59 Å². The van der Waals surface area contributed by atoms with Crippen LogP contribution < -0.4 is 4.74 Å². The van der Waals surface area contributed by atoms with Crippen molar-refractivity contribution in [2.45, 2.75) is 58.5 Å². The Kier molecular flexibility index (Phi) is 8.47. The van der Waals surface area contributed by atoms with Crippen molar-refractivity contribution in [3.8, 4) is 5.75 Å². The standard InChI is InChI=1S/C30H36N2O3S/c1-5-22(4)32(30(34)24-9-7-6-8-10-24)19-29(33)31-17-15-28-26(16-18-36-28)27(31)20-35-25-13-11-23(12-14-25)21(2)3/h6-14,16,18,21-22,27H,5,15,17,19-20H2,1-4H3/t22-,27-/m1/s1. The highest BCUT2D eigenvalue weighted by Gasteiger charge is 2.34. The van der Waals surface area contributed by atoms with Gasteiger partial charge in [-0.3, -0.25) is 9.59 Å². The van der Waals surface area contributed by atoms with Gasteiger partial charge in [-0.1, -0.05) is 51.1 Å². The van der Waals surface area contributed by atoms with E-state index in [4.69, 9.17) is 4.74 Å². The molecule has 0 saturated carbocycles. The summed E-state index contributed by atoms with van der Waals surface area (Å²) in [5, 5.41) is 2.09. The summed E-state index contributed by atoms with van der Waals surface area (Å²) in [5.41, 5.74) is 3.03. The van der Waals surface area contributed by atoms with E-state index in [2.05, 4.69) is 37.4 Å². The molecule has 3 aromatic rings. The number of carbonyl (C=O) groups excluding carboxylic acids is 2. The molecule has 5 nitrogen and oxygen atoms in total. The second-order valence-corrected chi connectivity index (χ2v) is 10.7. The van der Waals surface area contributed by atoms with Crippen LogP contribution >= 0.6 is 11.3 Å². The normalized spacial score (nSPS) is 15.9. The van der Waals surface area contributed by atoms with E-state index < -0.39 is 0 Å². The van der Waals surface area contributed by atoms with Crippen LogP contribution in [0, 0.1) is 0 Å². The second kappa shape index (κ2) is 11.7. The number of fused-ring (bicyclic) bond motifs is 1. The van der Waals surface area contributed by atoms with Crippen molar-refractivity contribution in [1.82, 2.24) is 9.80 Å². The molecule has 0 unspecified atom stereocenters. The molecule has 0 saturated heterocycles. The fraction of sp³-hybridized carbons (Fsp3) is 0.400. The lowest BCUT2D eigenvalue weighted by Crippen LogP contribution is -2.49. The molecule has 2 heterocycles. The molecule has 2 aromatic carbocycles. The summed E-state index contributed by atoms with van der Waals surface area (Å²) >= 11 is 1.74. The summed E-state index contributed by atoms with van der Waals surface area (Å²) in [7, 11) is 0. The Balaban J connectivity index is 1.52. The van der Waals surface area contributed by atoms with E-state index in [-0.39, 0.29) is 30.4 Å². The number of benzene rings is 2. The largest absolute Gasteiger partial charge is 0.491 e. The van der Waals surface area contributed by atoms with Crippen molar-refractivity contribution in [3.05, 3.63) is 87.6 Å². The predicted molar refractivity (Wildman–Crippen MR) is 146 cm³/mol. The molecule has 0 aliphatic carbocycles. The minimum atomic E-state index is -0.178. The number of ether oxygens (including phenoxy) is 1. The molecule has 4 rings (SSSR count). The quantitative estimate of drug-likeness (QED) is 0.343. The Labute approximate surface area is 218 Å². The van der Waals surface area contributed by atoms with Crippen LogP contribution in [0.15, 0.2) is 66.0 Å². The van der Waals surface area contributed by atoms with Crippen LogP contribution in [0.2, 0.25) is 0 Å². The molecule has 0 spiro atoms. The van der Waals surface area contributed by atoms with Gasteiger partial charge in [0.2, 0.25) is 5.91 Å². The Morgan fingerprint density at radius 1 is 1.06 bits per heavy atom. The predicted octanol–water partition coefficient (Wildman–Crippen LogP) is 6.32. The molecule has 0 radical (unpaired) electrons. The Bertz CT molecular complexity index is 1160. The van der Waals surface area contributed by atoms with E-state index in [0.717, 1.165) is 24.2 Å². The minimum absolute atomic E-state index is 0.0415. The molecule has 2 atom stereocenters. The van der Waals surface area contributed by atoms with Gasteiger partial charge in [-0.15, -0.1) is 11.3 Å². The Morgan fingerprint density at radius 2 is 1.78 bits per heavy atom. The highest BCUT2D eigenvalue weighted by Crippen LogP contribution is 2.34. The van der Waals surface area contributed by atoms with E-state index in [1.54, 1.807) is 16.2 Å². The molecular formula is C30H36N2O3S. The maximum atomic E-state index is 13.7. The average Bonchev–Trinajstić information content (AvgIpc) is 3.39. The fourth-order valence-corrected chi connectivity index (χ4v) is 5.56. The zero-order valence-corrected chi connectivity index (χ0v) is 22.5. The topological polar surface area (TPSA) is 49.9 Å². The molecule has 1 aromatic heterocycles. The lowest BCUT2D eigenvalue weighted by atomic mass is 10.00. The lowest BCUT2D eigenvalue weighted by molar-refractivity contribution is -0.136. The first-order valence-corrected chi connectivity index (χ1v) is 13.7. The van der Waals surface area contributed by atoms with Crippen LogP contribution in [0.4, 0.5) is 0 Å². The summed E-state index contributed by atoms with van der Waals surface area (Å²) in [6, 6.07) is 19.3. The van der Waals surface area contributed by atoms with Gasteiger partial charge >= 0.3 is 0 Å². The first kappa shape index (κ1) is 26.0. The number of hydrogen-bond donors (Lipinski definition) is 0. The number of hydrogen-bond acceptors (Lipinski definition) is 4. The molecule has 2 amide bonds. The highest BCUT2D eigenvalue weighted by atomic mass is 32.1. The third-order valence-corrected chi connectivity index (χ3v) is 8.08. The molecular weight excluding hydrogens is 468 g/mol. The third kappa shape index (κ3) is 5.81. The van der Waals surface area contributed by atoms with Gasteiger partial charge in [0.25, 0.3) is 5.91 Å². The van der Waals surface area contributed by atoms with Crippen LogP contribution in [0.5, 0.6) is 5.75 Å². The minimum Gasteiger partial charge on any atom is -0.491 e. The molecule has 6 heteroatoms. The maximum absolute atomic E-state index is 13.7. The number of thiophene rings is 1. The van der Waals surface area contributed by atoms with E-state index in [1.165, 1.54) is 10.4 Å². The molecule has 190 valence electrons. The molecule has 0 N–H and O–H groups in total. The molecule has 1 aliphatic heterocycles. The van der Waals surface area contributed by atoms with Crippen molar-refractivity contribution >= 4 is 23.2 Å². The molecule has 1 aliphatic rings. The first-order chi connectivity index (χ1) is 17.4. The number of amides is 2. The summed E-state index contributed by atoms with van der Waals surface area (Å²) < 4.78 is 6.21. The first-order valence-electron chi connectivity index (χ1n) is 12.8. The van der Waals surface area contributed by atoms with Crippen LogP contribution in [-0.2, 0) is 11.2 Å². The summed E-state index contributed by atoms with van der Waals surface area (Å²) in [4.78, 5) is 32.0. The van der Waals surface area contributed by atoms with Gasteiger partial charge in [0, 0.05) is 23.0 Å². The fourth-order valence-electron chi connectivity index (χ4n) is 4.63. The number of nitrogens with zero attached hydrogens (tertiary/aromatic N) is 2. The van der Waals surface area contributed by atoms with Crippen LogP contribution in [0.25, 0.3) is 0 Å². The Hall–Kier alpha value is -3.12. The van der Waals surface area contributed by atoms with Gasteiger partial charge < -0.3 is 14.5 Å². The van der Waals surface area contributed by atoms with Crippen LogP contribution in [0.1, 0.15) is 72.4 Å². The zero-order valence-electron chi connectivity index (χ0n) is 21.6. The SMILES string of the molecule is CC[C@@H](C)N(CC(=O)N1CCc2sccc2[C@H]1COc1ccc(C(C)C)cc1)C(=O)c1ccccc1. The third-order valence-electron chi connectivity index (χ3n) is 7.08. The van der Waals surface area contributed by atoms with Gasteiger partial charge in [-0.05, 0) is 72.5 Å². The van der Waals surface area contributed by atoms with Gasteiger partial charge in [0.15, 0.2) is 0 Å². The summed E-state index contributed by atoms with van der Waals surface area (Å²) in [6.07, 6.45) is 1.60. The van der Waals surface area contributed by atoms with Crippen molar-refractivity contribution in [1.29, 1.82) is 0 Å². The zero-order chi connectivity index (χ0) is 25.7. The van der Waals surface area contributed by atoms with Crippen molar-refractivity contribution < 1.29 is 14.3 Å². The van der Waals surface area contributed by atoms with Crippen LogP contribution in [0.3, 0.4) is 0 Å². The Morgan fingerprint density at radius 3 is 2.44 bits per heavy atom. The van der Waals surface area contributed by atoms with Crippen molar-refractivity contribution in [3.63, 3.8) is 0 Å². The summed E-state index contributed by atoms with van der Waals surface area (Å²) in [6.45, 7) is 9.45. The molecule has 0 fully saturated rings. The number of rotatable bonds is 9. The van der Waals surface area contributed by atoms with Crippen LogP contribution in [-0.4, -0.2) is 47.4 Å². The van der Waals surface area contributed by atoms with Crippen molar-refractivity contribution in [2.24, 2.45) is 0 Å². The summed E-state index contributed by atoms with van der Waals surface area (Å²) in [5.74, 6) is 1.12. The van der Waals surface area contributed by atoms with E-state index in [1.807, 2.05) is 61.2 Å². The van der Waals surface area contributed by atoms with Gasteiger partial charge in [0.05, 0.1) is 6.04 Å². The molecule has 36 heavy (non-hydrogen) atoms. The van der Waals surface area contributed by atoms with E-state index in [0.29, 0.717) is 24.6 Å². The van der Waals surface area contributed by atoms with Gasteiger partial charge in [-0.25, -0.2) is 0 Å². The average molecular weight is 505 g/mol. The monoisotopic (exact) mass is 504 g/mol. The van der Waals surface area contributed by atoms with Gasteiger partial charge in [0.1, 0.15) is 18.9 Å². The van der Waals surface area contributed by atoms with Crippen molar-refractivity contribution in [2.75, 3.05) is 19.7 Å². The van der Waals surface area contributed by atoms with Gasteiger partial charge in [-0.2, -0.15) is 0 Å². The molecule has 0 bridgehead atoms. The smallest absolute Gasteiger partial charge is 0.254 e. The highest BCUT2D eigenvalue weighted by molar-refractivity contribution is 7.10. The lowest BCUT2D eigenvalue weighted by Gasteiger charge is -2.38. The maximum Gasteiger partial charge on any atom is 0.254 e. The van der Waals surface area contributed by atoms with E-state index >= 15 is 0 Å². The second-order valence-electron chi connectivity index (χ2n) is 9.74. The number of carbonyl (C=O) groups is 2.